The molecule has 0 unspecified atom stereocenters. The van der Waals surface area contributed by atoms with Crippen molar-refractivity contribution >= 4 is 5.91 Å². The minimum absolute atomic E-state index is 0.0398. The number of carbonyl (C=O) groups excluding carboxylic acids is 1. The van der Waals surface area contributed by atoms with Gasteiger partial charge in [-0.25, -0.2) is 0 Å². The van der Waals surface area contributed by atoms with E-state index in [-0.39, 0.29) is 18.4 Å². The Morgan fingerprint density at radius 2 is 2.00 bits per heavy atom. The summed E-state index contributed by atoms with van der Waals surface area (Å²) in [4.78, 5) is 11.9. The van der Waals surface area contributed by atoms with E-state index in [0.29, 0.717) is 5.56 Å². The molecule has 1 aromatic rings. The first kappa shape index (κ1) is 14.8. The second kappa shape index (κ2) is 6.26. The van der Waals surface area contributed by atoms with Crippen LogP contribution < -0.4 is 10.6 Å². The van der Waals surface area contributed by atoms with Crippen molar-refractivity contribution in [1.82, 2.24) is 10.6 Å². The van der Waals surface area contributed by atoms with Gasteiger partial charge in [-0.1, -0.05) is 12.1 Å². The van der Waals surface area contributed by atoms with Crippen molar-refractivity contribution in [2.24, 2.45) is 5.92 Å². The SMILES string of the molecule is O=C(NCc1cccc(C(F)(F)F)c1)C1CCNCC1. The minimum atomic E-state index is -4.35. The lowest BCUT2D eigenvalue weighted by molar-refractivity contribution is -0.137. The maximum Gasteiger partial charge on any atom is 0.416 e. The molecule has 6 heteroatoms. The van der Waals surface area contributed by atoms with Gasteiger partial charge in [-0.2, -0.15) is 13.2 Å². The van der Waals surface area contributed by atoms with E-state index in [1.807, 2.05) is 0 Å². The predicted octanol–water partition coefficient (Wildman–Crippen LogP) is 2.32. The van der Waals surface area contributed by atoms with Gasteiger partial charge in [0.1, 0.15) is 0 Å². The molecule has 0 atom stereocenters. The van der Waals surface area contributed by atoms with Gasteiger partial charge in [0, 0.05) is 12.5 Å². The summed E-state index contributed by atoms with van der Waals surface area (Å²) in [6.45, 7) is 1.75. The van der Waals surface area contributed by atoms with E-state index < -0.39 is 11.7 Å². The third kappa shape index (κ3) is 3.96. The first-order valence-corrected chi connectivity index (χ1v) is 6.61. The van der Waals surface area contributed by atoms with Crippen LogP contribution in [0.4, 0.5) is 13.2 Å². The van der Waals surface area contributed by atoms with Gasteiger partial charge in [0.2, 0.25) is 5.91 Å². The summed E-state index contributed by atoms with van der Waals surface area (Å²) >= 11 is 0. The van der Waals surface area contributed by atoms with E-state index in [1.165, 1.54) is 6.07 Å². The van der Waals surface area contributed by atoms with Crippen molar-refractivity contribution in [1.29, 1.82) is 0 Å². The van der Waals surface area contributed by atoms with Crippen LogP contribution in [0.5, 0.6) is 0 Å². The molecule has 1 fully saturated rings. The van der Waals surface area contributed by atoms with Gasteiger partial charge in [0.05, 0.1) is 5.56 Å². The van der Waals surface area contributed by atoms with Crippen LogP contribution in [-0.4, -0.2) is 19.0 Å². The molecule has 1 amide bonds. The highest BCUT2D eigenvalue weighted by Crippen LogP contribution is 2.29. The first-order chi connectivity index (χ1) is 9.47. The van der Waals surface area contributed by atoms with Crippen LogP contribution in [-0.2, 0) is 17.5 Å². The number of halogens is 3. The van der Waals surface area contributed by atoms with Crippen LogP contribution in [0.2, 0.25) is 0 Å². The molecule has 1 saturated heterocycles. The highest BCUT2D eigenvalue weighted by molar-refractivity contribution is 5.78. The Hall–Kier alpha value is -1.56. The average molecular weight is 286 g/mol. The quantitative estimate of drug-likeness (QED) is 0.895. The largest absolute Gasteiger partial charge is 0.416 e. The van der Waals surface area contributed by atoms with Crippen LogP contribution in [0, 0.1) is 5.92 Å². The smallest absolute Gasteiger partial charge is 0.352 e. The summed E-state index contributed by atoms with van der Waals surface area (Å²) in [7, 11) is 0. The number of hydrogen-bond donors (Lipinski definition) is 2. The molecule has 0 aliphatic carbocycles. The molecule has 0 aromatic heterocycles. The third-order valence-electron chi connectivity index (χ3n) is 3.43. The Kier molecular flexibility index (Phi) is 4.65. The summed E-state index contributed by atoms with van der Waals surface area (Å²) in [5, 5.41) is 5.88. The molecular weight excluding hydrogens is 269 g/mol. The average Bonchev–Trinajstić information content (AvgIpc) is 2.45. The van der Waals surface area contributed by atoms with Gasteiger partial charge in [-0.05, 0) is 43.6 Å². The van der Waals surface area contributed by atoms with Gasteiger partial charge >= 0.3 is 6.18 Å². The van der Waals surface area contributed by atoms with Crippen molar-refractivity contribution in [3.8, 4) is 0 Å². The zero-order valence-electron chi connectivity index (χ0n) is 11.0. The Labute approximate surface area is 115 Å². The number of nitrogens with one attached hydrogen (secondary N) is 2. The molecule has 0 radical (unpaired) electrons. The van der Waals surface area contributed by atoms with Crippen molar-refractivity contribution in [3.05, 3.63) is 35.4 Å². The highest BCUT2D eigenvalue weighted by Gasteiger charge is 2.30. The molecule has 0 saturated carbocycles. The Balaban J connectivity index is 1.92. The molecule has 0 spiro atoms. The fourth-order valence-electron chi connectivity index (χ4n) is 2.28. The van der Waals surface area contributed by atoms with Crippen LogP contribution in [0.15, 0.2) is 24.3 Å². The number of hydrogen-bond acceptors (Lipinski definition) is 2. The van der Waals surface area contributed by atoms with Crippen LogP contribution in [0.25, 0.3) is 0 Å². The number of amides is 1. The lowest BCUT2D eigenvalue weighted by atomic mass is 9.97. The fraction of sp³-hybridized carbons (Fsp3) is 0.500. The molecule has 3 nitrogen and oxygen atoms in total. The summed E-state index contributed by atoms with van der Waals surface area (Å²) < 4.78 is 37.7. The van der Waals surface area contributed by atoms with Gasteiger partial charge in [-0.3, -0.25) is 4.79 Å². The van der Waals surface area contributed by atoms with Gasteiger partial charge in [0.25, 0.3) is 0 Å². The molecule has 2 rings (SSSR count). The Bertz CT molecular complexity index is 468. The number of piperidine rings is 1. The predicted molar refractivity (Wildman–Crippen MR) is 68.9 cm³/mol. The fourth-order valence-corrected chi connectivity index (χ4v) is 2.28. The number of alkyl halides is 3. The first-order valence-electron chi connectivity index (χ1n) is 6.61. The number of rotatable bonds is 3. The molecule has 2 N–H and O–H groups in total. The summed E-state index contributed by atoms with van der Waals surface area (Å²) in [5.74, 6) is -0.119. The maximum atomic E-state index is 12.6. The highest BCUT2D eigenvalue weighted by atomic mass is 19.4. The van der Waals surface area contributed by atoms with Crippen LogP contribution >= 0.6 is 0 Å². The second-order valence-electron chi connectivity index (χ2n) is 4.94. The van der Waals surface area contributed by atoms with E-state index in [9.17, 15) is 18.0 Å². The van der Waals surface area contributed by atoms with E-state index in [4.69, 9.17) is 0 Å². The van der Waals surface area contributed by atoms with Crippen molar-refractivity contribution in [2.45, 2.75) is 25.6 Å². The number of benzene rings is 1. The topological polar surface area (TPSA) is 41.1 Å². The standard InChI is InChI=1S/C14H17F3N2O/c15-14(16,17)12-3-1-2-10(8-12)9-19-13(20)11-4-6-18-7-5-11/h1-3,8,11,18H,4-7,9H2,(H,19,20). The number of carbonyl (C=O) groups is 1. The van der Waals surface area contributed by atoms with Crippen molar-refractivity contribution in [3.63, 3.8) is 0 Å². The summed E-state index contributed by atoms with van der Waals surface area (Å²) in [5.41, 5.74) is -0.228. The Morgan fingerprint density at radius 1 is 1.30 bits per heavy atom. The summed E-state index contributed by atoms with van der Waals surface area (Å²) in [6.07, 6.45) is -2.81. The normalized spacial score (nSPS) is 16.9. The zero-order chi connectivity index (χ0) is 14.6. The molecule has 1 aromatic carbocycles. The van der Waals surface area contributed by atoms with Crippen LogP contribution in [0.1, 0.15) is 24.0 Å². The van der Waals surface area contributed by atoms with Gasteiger partial charge in [-0.15, -0.1) is 0 Å². The molecule has 20 heavy (non-hydrogen) atoms. The van der Waals surface area contributed by atoms with E-state index >= 15 is 0 Å². The lowest BCUT2D eigenvalue weighted by Crippen LogP contribution is -2.37. The second-order valence-corrected chi connectivity index (χ2v) is 4.94. The third-order valence-corrected chi connectivity index (χ3v) is 3.43. The van der Waals surface area contributed by atoms with Gasteiger partial charge < -0.3 is 10.6 Å². The molecular formula is C14H17F3N2O. The maximum absolute atomic E-state index is 12.6. The van der Waals surface area contributed by atoms with E-state index in [0.717, 1.165) is 38.1 Å². The monoisotopic (exact) mass is 286 g/mol. The molecule has 1 heterocycles. The molecule has 1 aliphatic rings. The minimum Gasteiger partial charge on any atom is -0.352 e. The Morgan fingerprint density at radius 3 is 2.65 bits per heavy atom. The van der Waals surface area contributed by atoms with Crippen molar-refractivity contribution < 1.29 is 18.0 Å². The van der Waals surface area contributed by atoms with Crippen LogP contribution in [0.3, 0.4) is 0 Å². The summed E-state index contributed by atoms with van der Waals surface area (Å²) in [6, 6.07) is 5.04. The van der Waals surface area contributed by atoms with E-state index in [2.05, 4.69) is 10.6 Å². The van der Waals surface area contributed by atoms with E-state index in [1.54, 1.807) is 6.07 Å². The zero-order valence-corrected chi connectivity index (χ0v) is 11.0. The molecule has 0 bridgehead atoms. The van der Waals surface area contributed by atoms with Gasteiger partial charge in [0.15, 0.2) is 0 Å². The lowest BCUT2D eigenvalue weighted by Gasteiger charge is -2.21. The molecule has 110 valence electrons. The van der Waals surface area contributed by atoms with Crippen molar-refractivity contribution in [2.75, 3.05) is 13.1 Å². The molecule has 1 aliphatic heterocycles.